The molecular formula is C14H14N4O2. The first-order chi connectivity index (χ1) is 9.62. The average Bonchev–Trinajstić information content (AvgIpc) is 3.09. The second kappa shape index (κ2) is 4.62. The first kappa shape index (κ1) is 12.6. The number of benzene rings is 1. The molecule has 1 heterocycles. The van der Waals surface area contributed by atoms with Gasteiger partial charge in [0, 0.05) is 6.42 Å². The Morgan fingerprint density at radius 1 is 1.55 bits per heavy atom. The number of aromatic nitrogens is 1. The summed E-state index contributed by atoms with van der Waals surface area (Å²) in [7, 11) is 0. The van der Waals surface area contributed by atoms with E-state index in [-0.39, 0.29) is 12.3 Å². The van der Waals surface area contributed by atoms with E-state index in [0.717, 1.165) is 5.52 Å². The van der Waals surface area contributed by atoms with E-state index < -0.39 is 11.6 Å². The van der Waals surface area contributed by atoms with Gasteiger partial charge in [0.2, 0.25) is 5.91 Å². The van der Waals surface area contributed by atoms with Crippen LogP contribution in [0.5, 0.6) is 0 Å². The van der Waals surface area contributed by atoms with Gasteiger partial charge in [-0.05, 0) is 25.0 Å². The molecule has 3 N–H and O–H groups in total. The molecule has 3 rings (SSSR count). The molecule has 0 bridgehead atoms. The molecule has 0 radical (unpaired) electrons. The summed E-state index contributed by atoms with van der Waals surface area (Å²) in [6.07, 6.45) is 1.58. The number of fused-ring (bicyclic) bond motifs is 1. The van der Waals surface area contributed by atoms with Gasteiger partial charge < -0.3 is 15.5 Å². The molecule has 1 aromatic heterocycles. The monoisotopic (exact) mass is 270 g/mol. The van der Waals surface area contributed by atoms with Crippen molar-refractivity contribution >= 4 is 17.0 Å². The molecular weight excluding hydrogens is 256 g/mol. The van der Waals surface area contributed by atoms with Crippen molar-refractivity contribution in [2.24, 2.45) is 5.73 Å². The molecule has 6 heteroatoms. The van der Waals surface area contributed by atoms with E-state index in [9.17, 15) is 4.79 Å². The van der Waals surface area contributed by atoms with Crippen LogP contribution in [-0.4, -0.2) is 22.5 Å². The predicted octanol–water partition coefficient (Wildman–Crippen LogP) is 0.870. The van der Waals surface area contributed by atoms with Gasteiger partial charge in [-0.15, -0.1) is 0 Å². The Morgan fingerprint density at radius 3 is 2.95 bits per heavy atom. The number of carbonyl (C=O) groups excluding carboxylic acids is 1. The number of nitrogens with zero attached hydrogens (tertiary/aromatic N) is 2. The van der Waals surface area contributed by atoms with E-state index in [4.69, 9.17) is 15.4 Å². The van der Waals surface area contributed by atoms with Crippen molar-refractivity contribution < 1.29 is 9.21 Å². The van der Waals surface area contributed by atoms with Gasteiger partial charge in [-0.3, -0.25) is 4.79 Å². The first-order valence-corrected chi connectivity index (χ1v) is 6.45. The number of para-hydroxylation sites is 2. The molecule has 1 aliphatic rings. The first-order valence-electron chi connectivity index (χ1n) is 6.45. The lowest BCUT2D eigenvalue weighted by Crippen LogP contribution is -2.47. The van der Waals surface area contributed by atoms with Crippen molar-refractivity contribution in [2.75, 3.05) is 0 Å². The zero-order valence-corrected chi connectivity index (χ0v) is 10.8. The summed E-state index contributed by atoms with van der Waals surface area (Å²) in [5.74, 6) is 0.0851. The molecule has 1 fully saturated rings. The van der Waals surface area contributed by atoms with Crippen molar-refractivity contribution in [1.82, 2.24) is 10.3 Å². The quantitative estimate of drug-likeness (QED) is 0.857. The number of carbonyl (C=O) groups is 1. The van der Waals surface area contributed by atoms with Crippen LogP contribution in [0.1, 0.15) is 18.7 Å². The fraction of sp³-hybridized carbons (Fsp3) is 0.357. The van der Waals surface area contributed by atoms with Gasteiger partial charge in [0.05, 0.1) is 12.1 Å². The zero-order chi connectivity index (χ0) is 14.2. The number of hydrogen-bond acceptors (Lipinski definition) is 5. The summed E-state index contributed by atoms with van der Waals surface area (Å²) in [6.45, 7) is 0. The van der Waals surface area contributed by atoms with Crippen LogP contribution in [0.2, 0.25) is 0 Å². The minimum Gasteiger partial charge on any atom is -0.441 e. The Labute approximate surface area is 115 Å². The molecule has 1 atom stereocenters. The predicted molar refractivity (Wildman–Crippen MR) is 71.4 cm³/mol. The number of amides is 1. The van der Waals surface area contributed by atoms with Gasteiger partial charge in [0.15, 0.2) is 11.5 Å². The number of nitrogens with two attached hydrogens (primary N) is 1. The third-order valence-corrected chi connectivity index (χ3v) is 3.40. The highest BCUT2D eigenvalue weighted by Gasteiger charge is 2.45. The standard InChI is InChI=1S/C14H14N4O2/c15-8-14(5-6-14)18-13(19)9(16)7-12-17-10-3-1-2-4-11(10)20-12/h1-4,9H,5-7,16H2,(H,18,19)/t9-/m0/s1. The fourth-order valence-corrected chi connectivity index (χ4v) is 2.01. The molecule has 0 saturated heterocycles. The Hall–Kier alpha value is -2.39. The summed E-state index contributed by atoms with van der Waals surface area (Å²) < 4.78 is 5.52. The number of hydrogen-bond donors (Lipinski definition) is 2. The van der Waals surface area contributed by atoms with E-state index in [1.54, 1.807) is 0 Å². The maximum Gasteiger partial charge on any atom is 0.238 e. The van der Waals surface area contributed by atoms with Crippen LogP contribution in [-0.2, 0) is 11.2 Å². The SMILES string of the molecule is N#CC1(NC(=O)[C@@H](N)Cc2nc3ccccc3o2)CC1. The molecule has 0 spiro atoms. The average molecular weight is 270 g/mol. The zero-order valence-electron chi connectivity index (χ0n) is 10.8. The van der Waals surface area contributed by atoms with Crippen molar-refractivity contribution in [2.45, 2.75) is 30.8 Å². The highest BCUT2D eigenvalue weighted by atomic mass is 16.3. The maximum atomic E-state index is 11.9. The van der Waals surface area contributed by atoms with Crippen LogP contribution in [0.25, 0.3) is 11.1 Å². The molecule has 6 nitrogen and oxygen atoms in total. The van der Waals surface area contributed by atoms with E-state index in [1.807, 2.05) is 24.3 Å². The molecule has 20 heavy (non-hydrogen) atoms. The summed E-state index contributed by atoms with van der Waals surface area (Å²) >= 11 is 0. The van der Waals surface area contributed by atoms with Crippen molar-refractivity contribution in [3.05, 3.63) is 30.2 Å². The minimum absolute atomic E-state index is 0.210. The van der Waals surface area contributed by atoms with Crippen LogP contribution in [0, 0.1) is 11.3 Å². The lowest BCUT2D eigenvalue weighted by molar-refractivity contribution is -0.123. The summed E-state index contributed by atoms with van der Waals surface area (Å²) in [5.41, 5.74) is 6.55. The topological polar surface area (TPSA) is 105 Å². The second-order valence-electron chi connectivity index (χ2n) is 5.07. The van der Waals surface area contributed by atoms with Gasteiger partial charge >= 0.3 is 0 Å². The van der Waals surface area contributed by atoms with E-state index in [2.05, 4.69) is 16.4 Å². The molecule has 1 saturated carbocycles. The Bertz CT molecular complexity index is 664. The van der Waals surface area contributed by atoms with Crippen LogP contribution in [0.3, 0.4) is 0 Å². The Morgan fingerprint density at radius 2 is 2.30 bits per heavy atom. The summed E-state index contributed by atoms with van der Waals surface area (Å²) in [6, 6.07) is 8.70. The summed E-state index contributed by atoms with van der Waals surface area (Å²) in [5, 5.41) is 11.6. The van der Waals surface area contributed by atoms with Gasteiger partial charge in [-0.2, -0.15) is 5.26 Å². The largest absolute Gasteiger partial charge is 0.441 e. The van der Waals surface area contributed by atoms with Gasteiger partial charge in [0.1, 0.15) is 11.1 Å². The normalized spacial score (nSPS) is 17.4. The fourth-order valence-electron chi connectivity index (χ4n) is 2.01. The second-order valence-corrected chi connectivity index (χ2v) is 5.07. The smallest absolute Gasteiger partial charge is 0.238 e. The van der Waals surface area contributed by atoms with Gasteiger partial charge in [-0.25, -0.2) is 4.98 Å². The number of rotatable bonds is 4. The molecule has 1 aliphatic carbocycles. The lowest BCUT2D eigenvalue weighted by Gasteiger charge is -2.13. The molecule has 2 aromatic rings. The van der Waals surface area contributed by atoms with Gasteiger partial charge in [-0.1, -0.05) is 12.1 Å². The van der Waals surface area contributed by atoms with Crippen LogP contribution >= 0.6 is 0 Å². The van der Waals surface area contributed by atoms with E-state index in [0.29, 0.717) is 24.3 Å². The van der Waals surface area contributed by atoms with E-state index >= 15 is 0 Å². The number of nitrogens with one attached hydrogen (secondary N) is 1. The van der Waals surface area contributed by atoms with Gasteiger partial charge in [0.25, 0.3) is 0 Å². The maximum absolute atomic E-state index is 11.9. The Kier molecular flexibility index (Phi) is 2.92. The van der Waals surface area contributed by atoms with Crippen LogP contribution < -0.4 is 11.1 Å². The number of oxazole rings is 1. The third-order valence-electron chi connectivity index (χ3n) is 3.40. The number of nitriles is 1. The highest BCUT2D eigenvalue weighted by Crippen LogP contribution is 2.34. The molecule has 1 amide bonds. The molecule has 1 aromatic carbocycles. The lowest BCUT2D eigenvalue weighted by atomic mass is 10.2. The third kappa shape index (κ3) is 2.36. The molecule has 102 valence electrons. The minimum atomic E-state index is -0.770. The molecule has 0 aliphatic heterocycles. The highest BCUT2D eigenvalue weighted by molar-refractivity contribution is 5.83. The van der Waals surface area contributed by atoms with Crippen LogP contribution in [0.15, 0.2) is 28.7 Å². The van der Waals surface area contributed by atoms with Crippen molar-refractivity contribution in [3.63, 3.8) is 0 Å². The van der Waals surface area contributed by atoms with Crippen molar-refractivity contribution in [1.29, 1.82) is 5.26 Å². The van der Waals surface area contributed by atoms with E-state index in [1.165, 1.54) is 0 Å². The molecule has 0 unspecified atom stereocenters. The summed E-state index contributed by atoms with van der Waals surface area (Å²) in [4.78, 5) is 16.2. The van der Waals surface area contributed by atoms with Crippen LogP contribution in [0.4, 0.5) is 0 Å². The van der Waals surface area contributed by atoms with Crippen molar-refractivity contribution in [3.8, 4) is 6.07 Å². The Balaban J connectivity index is 1.67.